The first-order valence-electron chi connectivity index (χ1n) is 15.5. The number of amides is 2. The van der Waals surface area contributed by atoms with Crippen molar-refractivity contribution in [1.29, 1.82) is 0 Å². The monoisotopic (exact) mass is 702 g/mol. The smallest absolute Gasteiger partial charge is 0.304 e. The van der Waals surface area contributed by atoms with Gasteiger partial charge in [0.25, 0.3) is 11.6 Å². The standard InChI is InChI=1S/C38H30N4O6S2/c1-47-27-17-13-23(14-18-27)31(29-33(43)35(45)41(37(29)49)25-9-5-3-6-10-25)39-21-22-40-32(24-15-19-28(48-2)20-16-24)30-34(44)36(46)42(38(30)50)26-11-7-4-8-12-26/h3-20,39-40H,21-22H2,1-2H3/b31-29+,32-30+. The van der Waals surface area contributed by atoms with Crippen molar-refractivity contribution in [1.82, 2.24) is 10.6 Å². The Bertz CT molecular complexity index is 1930. The molecule has 0 unspecified atom stereocenters. The fourth-order valence-electron chi connectivity index (χ4n) is 5.64. The second kappa shape index (κ2) is 14.6. The number of ether oxygens (including phenoxy) is 2. The van der Waals surface area contributed by atoms with Gasteiger partial charge in [0.2, 0.25) is 0 Å². The van der Waals surface area contributed by atoms with Crippen LogP contribution in [-0.2, 0) is 19.2 Å². The Hall–Kier alpha value is -5.98. The summed E-state index contributed by atoms with van der Waals surface area (Å²) in [6.45, 7) is 0.398. The van der Waals surface area contributed by atoms with Gasteiger partial charge in [-0.1, -0.05) is 60.8 Å². The van der Waals surface area contributed by atoms with E-state index in [9.17, 15) is 19.2 Å². The molecule has 0 bridgehead atoms. The Kier molecular flexibility index (Phi) is 9.93. The van der Waals surface area contributed by atoms with Crippen LogP contribution in [0.1, 0.15) is 11.1 Å². The van der Waals surface area contributed by atoms with Crippen LogP contribution in [-0.4, -0.2) is 60.7 Å². The Morgan fingerprint density at radius 3 is 1.20 bits per heavy atom. The lowest BCUT2D eigenvalue weighted by Gasteiger charge is -2.19. The average molecular weight is 703 g/mol. The SMILES string of the molecule is COc1ccc(/C(NCCN/C(=C2\C(=O)C(=O)N(c3ccccc3)C2=S)c2ccc(OC)cc2)=C2/C(=O)C(=O)N(c3ccccc3)C2=S)cc1. The van der Waals surface area contributed by atoms with Gasteiger partial charge >= 0.3 is 11.8 Å². The lowest BCUT2D eigenvalue weighted by atomic mass is 10.0. The largest absolute Gasteiger partial charge is 0.497 e. The van der Waals surface area contributed by atoms with Crippen LogP contribution in [0.25, 0.3) is 11.4 Å². The summed E-state index contributed by atoms with van der Waals surface area (Å²) in [6.07, 6.45) is 0. The van der Waals surface area contributed by atoms with Crippen LogP contribution in [0.5, 0.6) is 11.5 Å². The van der Waals surface area contributed by atoms with Crippen LogP contribution in [0.3, 0.4) is 0 Å². The molecule has 2 aliphatic heterocycles. The first-order valence-corrected chi connectivity index (χ1v) is 16.3. The number of para-hydroxylation sites is 2. The van der Waals surface area contributed by atoms with Crippen LogP contribution < -0.4 is 29.9 Å². The van der Waals surface area contributed by atoms with Crippen LogP contribution in [0, 0.1) is 0 Å². The highest BCUT2D eigenvalue weighted by atomic mass is 32.1. The van der Waals surface area contributed by atoms with E-state index in [1.807, 2.05) is 0 Å². The molecule has 2 saturated heterocycles. The van der Waals surface area contributed by atoms with Crippen molar-refractivity contribution in [3.63, 3.8) is 0 Å². The second-order valence-corrected chi connectivity index (χ2v) is 11.8. The molecule has 2 fully saturated rings. The lowest BCUT2D eigenvalue weighted by Crippen LogP contribution is -2.30. The van der Waals surface area contributed by atoms with Gasteiger partial charge in [-0.2, -0.15) is 0 Å². The third kappa shape index (κ3) is 6.41. The third-order valence-electron chi connectivity index (χ3n) is 8.10. The number of methoxy groups -OCH3 is 2. The minimum atomic E-state index is -0.755. The minimum Gasteiger partial charge on any atom is -0.497 e. The lowest BCUT2D eigenvalue weighted by molar-refractivity contribution is -0.132. The molecule has 0 spiro atoms. The maximum absolute atomic E-state index is 13.5. The molecule has 4 aromatic rings. The minimum absolute atomic E-state index is 0.0593. The van der Waals surface area contributed by atoms with E-state index >= 15 is 0 Å². The molecule has 50 heavy (non-hydrogen) atoms. The zero-order valence-corrected chi connectivity index (χ0v) is 28.6. The van der Waals surface area contributed by atoms with Gasteiger partial charge in [-0.15, -0.1) is 0 Å². The zero-order chi connectivity index (χ0) is 35.4. The molecule has 10 nitrogen and oxygen atoms in total. The highest BCUT2D eigenvalue weighted by molar-refractivity contribution is 7.81. The number of nitrogens with one attached hydrogen (secondary N) is 2. The van der Waals surface area contributed by atoms with Gasteiger partial charge in [0.15, 0.2) is 0 Å². The molecular formula is C38H30N4O6S2. The topological polar surface area (TPSA) is 117 Å². The number of thiocarbonyl (C=S) groups is 2. The summed E-state index contributed by atoms with van der Waals surface area (Å²) in [6, 6.07) is 31.5. The van der Waals surface area contributed by atoms with Gasteiger partial charge < -0.3 is 20.1 Å². The summed E-state index contributed by atoms with van der Waals surface area (Å²) in [7, 11) is 3.10. The third-order valence-corrected chi connectivity index (χ3v) is 8.87. The number of nitrogens with zero attached hydrogens (tertiary/aromatic N) is 2. The first-order chi connectivity index (χ1) is 24.2. The summed E-state index contributed by atoms with van der Waals surface area (Å²) in [4.78, 5) is 56.1. The number of rotatable bonds is 11. The van der Waals surface area contributed by atoms with Crippen molar-refractivity contribution in [2.45, 2.75) is 0 Å². The number of carbonyl (C=O) groups excluding carboxylic acids is 4. The number of Topliss-reactive ketones (excluding diaryl/α,β-unsaturated/α-hetero) is 2. The van der Waals surface area contributed by atoms with Crippen molar-refractivity contribution in [3.05, 3.63) is 131 Å². The van der Waals surface area contributed by atoms with Crippen molar-refractivity contribution >= 4 is 80.6 Å². The highest BCUT2D eigenvalue weighted by Gasteiger charge is 2.43. The molecular weight excluding hydrogens is 673 g/mol. The Balaban J connectivity index is 1.34. The Morgan fingerprint density at radius 1 is 0.540 bits per heavy atom. The van der Waals surface area contributed by atoms with E-state index in [-0.39, 0.29) is 34.2 Å². The van der Waals surface area contributed by atoms with Gasteiger partial charge in [0.1, 0.15) is 21.5 Å². The molecule has 2 N–H and O–H groups in total. The molecule has 0 aliphatic carbocycles. The molecule has 0 atom stereocenters. The van der Waals surface area contributed by atoms with Crippen LogP contribution in [0.15, 0.2) is 120 Å². The zero-order valence-electron chi connectivity index (χ0n) is 27.0. The van der Waals surface area contributed by atoms with E-state index in [1.165, 1.54) is 9.80 Å². The predicted molar refractivity (Wildman–Crippen MR) is 199 cm³/mol. The maximum Gasteiger partial charge on any atom is 0.304 e. The number of ketones is 2. The number of hydrogen-bond donors (Lipinski definition) is 2. The van der Waals surface area contributed by atoms with Crippen LogP contribution in [0.2, 0.25) is 0 Å². The summed E-state index contributed by atoms with van der Waals surface area (Å²) < 4.78 is 10.6. The summed E-state index contributed by atoms with van der Waals surface area (Å²) in [5, 5.41) is 6.60. The highest BCUT2D eigenvalue weighted by Crippen LogP contribution is 2.32. The molecule has 0 aromatic heterocycles. The molecule has 250 valence electrons. The van der Waals surface area contributed by atoms with Gasteiger partial charge in [-0.05, 0) is 83.9 Å². The van der Waals surface area contributed by atoms with E-state index in [1.54, 1.807) is 123 Å². The van der Waals surface area contributed by atoms with Gasteiger partial charge in [0, 0.05) is 13.1 Å². The molecule has 6 rings (SSSR count). The van der Waals surface area contributed by atoms with E-state index in [4.69, 9.17) is 33.9 Å². The van der Waals surface area contributed by atoms with Crippen molar-refractivity contribution < 1.29 is 28.7 Å². The van der Waals surface area contributed by atoms with Gasteiger partial charge in [0.05, 0.1) is 48.1 Å². The molecule has 0 radical (unpaired) electrons. The van der Waals surface area contributed by atoms with E-state index in [0.29, 0.717) is 45.4 Å². The van der Waals surface area contributed by atoms with Crippen molar-refractivity contribution in [3.8, 4) is 11.5 Å². The molecule has 4 aromatic carbocycles. The van der Waals surface area contributed by atoms with E-state index in [2.05, 4.69) is 10.6 Å². The molecule has 12 heteroatoms. The Labute approximate surface area is 299 Å². The van der Waals surface area contributed by atoms with Crippen LogP contribution in [0.4, 0.5) is 11.4 Å². The molecule has 0 saturated carbocycles. The number of carbonyl (C=O) groups is 4. The van der Waals surface area contributed by atoms with E-state index in [0.717, 1.165) is 0 Å². The summed E-state index contributed by atoms with van der Waals surface area (Å²) >= 11 is 11.5. The van der Waals surface area contributed by atoms with E-state index < -0.39 is 23.4 Å². The number of benzene rings is 4. The summed E-state index contributed by atoms with van der Waals surface area (Å²) in [5.41, 5.74) is 2.99. The molecule has 2 aliphatic rings. The van der Waals surface area contributed by atoms with Gasteiger partial charge in [-0.3, -0.25) is 29.0 Å². The van der Waals surface area contributed by atoms with Gasteiger partial charge in [-0.25, -0.2) is 0 Å². The van der Waals surface area contributed by atoms with Crippen LogP contribution >= 0.6 is 24.4 Å². The fraction of sp³-hybridized carbons (Fsp3) is 0.105. The maximum atomic E-state index is 13.5. The Morgan fingerprint density at radius 2 is 0.880 bits per heavy atom. The quantitative estimate of drug-likeness (QED) is 0.0969. The first kappa shape index (κ1) is 33.9. The van der Waals surface area contributed by atoms with Crippen molar-refractivity contribution in [2.75, 3.05) is 37.1 Å². The fourth-order valence-corrected chi connectivity index (χ4v) is 6.41. The second-order valence-electron chi connectivity index (χ2n) is 11.0. The normalized spacial score (nSPS) is 16.6. The molecule has 2 heterocycles. The summed E-state index contributed by atoms with van der Waals surface area (Å²) in [5.74, 6) is -1.78. The van der Waals surface area contributed by atoms with Crippen molar-refractivity contribution in [2.24, 2.45) is 0 Å². The predicted octanol–water partition coefficient (Wildman–Crippen LogP) is 4.89. The molecule has 2 amide bonds. The number of hydrogen-bond acceptors (Lipinski definition) is 10. The average Bonchev–Trinajstić information content (AvgIpc) is 3.51. The number of anilines is 2.